The van der Waals surface area contributed by atoms with Gasteiger partial charge in [-0.2, -0.15) is 10.2 Å². The number of aromatic nitrogens is 2. The van der Waals surface area contributed by atoms with Crippen molar-refractivity contribution < 1.29 is 19.1 Å². The Labute approximate surface area is 183 Å². The molecule has 1 heterocycles. The van der Waals surface area contributed by atoms with E-state index in [9.17, 15) is 9.59 Å². The highest BCUT2D eigenvalue weighted by molar-refractivity contribution is 6.01. The van der Waals surface area contributed by atoms with Gasteiger partial charge >= 0.3 is 5.97 Å². The van der Waals surface area contributed by atoms with Crippen LogP contribution in [0.1, 0.15) is 26.4 Å². The molecule has 1 aromatic heterocycles. The molecule has 0 spiro atoms. The molecule has 0 bridgehead atoms. The number of hydrazone groups is 1. The second-order valence-electron chi connectivity index (χ2n) is 6.84. The van der Waals surface area contributed by atoms with Gasteiger partial charge in [-0.1, -0.05) is 42.5 Å². The Hall–Kier alpha value is -4.46. The summed E-state index contributed by atoms with van der Waals surface area (Å²) in [7, 11) is 2.92. The number of nitrogens with one attached hydrogen (secondary N) is 2. The molecule has 0 aliphatic heterocycles. The number of esters is 1. The number of hydrogen-bond acceptors (Lipinski definition) is 6. The van der Waals surface area contributed by atoms with Crippen molar-refractivity contribution in [3.63, 3.8) is 0 Å². The van der Waals surface area contributed by atoms with Gasteiger partial charge in [0.15, 0.2) is 0 Å². The summed E-state index contributed by atoms with van der Waals surface area (Å²) in [5.74, 6) is -0.194. The van der Waals surface area contributed by atoms with Crippen molar-refractivity contribution in [2.45, 2.75) is 0 Å². The van der Waals surface area contributed by atoms with Gasteiger partial charge in [-0.15, -0.1) is 0 Å². The molecule has 0 radical (unpaired) electrons. The third-order valence-corrected chi connectivity index (χ3v) is 4.90. The molecular weight excluding hydrogens is 408 g/mol. The summed E-state index contributed by atoms with van der Waals surface area (Å²) in [4.78, 5) is 24.0. The summed E-state index contributed by atoms with van der Waals surface area (Å²) in [6.07, 6.45) is 1.48. The molecule has 4 rings (SSSR count). The molecule has 0 atom stereocenters. The first-order valence-corrected chi connectivity index (χ1v) is 9.74. The van der Waals surface area contributed by atoms with Crippen molar-refractivity contribution in [2.24, 2.45) is 5.10 Å². The van der Waals surface area contributed by atoms with E-state index in [0.717, 1.165) is 16.3 Å². The van der Waals surface area contributed by atoms with Gasteiger partial charge in [0.1, 0.15) is 11.4 Å². The average Bonchev–Trinajstić information content (AvgIpc) is 3.33. The van der Waals surface area contributed by atoms with E-state index in [4.69, 9.17) is 4.74 Å². The lowest BCUT2D eigenvalue weighted by molar-refractivity contribution is 0.0600. The summed E-state index contributed by atoms with van der Waals surface area (Å²) < 4.78 is 10.2. The fraction of sp³-hybridized carbons (Fsp3) is 0.0833. The molecule has 8 nitrogen and oxygen atoms in total. The predicted molar refractivity (Wildman–Crippen MR) is 121 cm³/mol. The second kappa shape index (κ2) is 9.13. The van der Waals surface area contributed by atoms with Crippen molar-refractivity contribution in [3.8, 4) is 17.0 Å². The van der Waals surface area contributed by atoms with Gasteiger partial charge in [0.25, 0.3) is 5.91 Å². The van der Waals surface area contributed by atoms with E-state index in [2.05, 4.69) is 25.5 Å². The summed E-state index contributed by atoms with van der Waals surface area (Å²) in [5, 5.41) is 13.0. The Kier molecular flexibility index (Phi) is 5.94. The Balaban J connectivity index is 1.51. The summed E-state index contributed by atoms with van der Waals surface area (Å²) in [6.45, 7) is 0. The number of aromatic amines is 1. The van der Waals surface area contributed by atoms with Crippen LogP contribution in [0.15, 0.2) is 71.8 Å². The first-order chi connectivity index (χ1) is 15.6. The van der Waals surface area contributed by atoms with E-state index in [1.807, 2.05) is 36.4 Å². The van der Waals surface area contributed by atoms with Crippen LogP contribution in [-0.4, -0.2) is 42.5 Å². The fourth-order valence-electron chi connectivity index (χ4n) is 3.30. The topological polar surface area (TPSA) is 106 Å². The van der Waals surface area contributed by atoms with Crippen LogP contribution in [0.4, 0.5) is 0 Å². The monoisotopic (exact) mass is 428 g/mol. The average molecular weight is 428 g/mol. The minimum Gasteiger partial charge on any atom is -0.496 e. The van der Waals surface area contributed by atoms with E-state index >= 15 is 0 Å². The largest absolute Gasteiger partial charge is 0.496 e. The third-order valence-electron chi connectivity index (χ3n) is 4.90. The maximum atomic E-state index is 12.5. The molecular formula is C24H20N4O4. The number of fused-ring (bicyclic) bond motifs is 1. The number of nitrogens with zero attached hydrogens (tertiary/aromatic N) is 2. The van der Waals surface area contributed by atoms with Crippen molar-refractivity contribution in [3.05, 3.63) is 83.6 Å². The minimum atomic E-state index is -0.439. The first-order valence-electron chi connectivity index (χ1n) is 9.74. The normalized spacial score (nSPS) is 10.9. The van der Waals surface area contributed by atoms with Crippen LogP contribution in [0.5, 0.6) is 5.75 Å². The lowest BCUT2D eigenvalue weighted by atomic mass is 10.0. The van der Waals surface area contributed by atoms with Crippen molar-refractivity contribution in [2.75, 3.05) is 14.2 Å². The zero-order valence-corrected chi connectivity index (χ0v) is 17.5. The van der Waals surface area contributed by atoms with Gasteiger partial charge in [-0.3, -0.25) is 9.89 Å². The Morgan fingerprint density at radius 3 is 2.56 bits per heavy atom. The number of benzene rings is 3. The van der Waals surface area contributed by atoms with Crippen LogP contribution in [0.2, 0.25) is 0 Å². The number of carbonyl (C=O) groups is 2. The van der Waals surface area contributed by atoms with Gasteiger partial charge < -0.3 is 9.47 Å². The van der Waals surface area contributed by atoms with Crippen molar-refractivity contribution in [1.82, 2.24) is 15.6 Å². The van der Waals surface area contributed by atoms with Crippen LogP contribution in [0, 0.1) is 0 Å². The highest BCUT2D eigenvalue weighted by atomic mass is 16.5. The van der Waals surface area contributed by atoms with E-state index in [1.165, 1.54) is 13.3 Å². The van der Waals surface area contributed by atoms with Gasteiger partial charge in [-0.25, -0.2) is 10.2 Å². The van der Waals surface area contributed by atoms with E-state index < -0.39 is 11.9 Å². The predicted octanol–water partition coefficient (Wildman–Crippen LogP) is 3.79. The molecule has 3 aromatic carbocycles. The van der Waals surface area contributed by atoms with Crippen molar-refractivity contribution in [1.29, 1.82) is 0 Å². The molecule has 160 valence electrons. The Morgan fingerprint density at radius 1 is 1.03 bits per heavy atom. The van der Waals surface area contributed by atoms with Gasteiger partial charge in [0.2, 0.25) is 0 Å². The number of rotatable bonds is 6. The zero-order valence-electron chi connectivity index (χ0n) is 17.5. The number of H-pyrrole nitrogens is 1. The highest BCUT2D eigenvalue weighted by Gasteiger charge is 2.16. The molecule has 0 unspecified atom stereocenters. The smallest absolute Gasteiger partial charge is 0.337 e. The summed E-state index contributed by atoms with van der Waals surface area (Å²) in [6, 6.07) is 20.0. The number of ether oxygens (including phenoxy) is 2. The molecule has 0 fully saturated rings. The molecule has 0 saturated carbocycles. The van der Waals surface area contributed by atoms with Crippen LogP contribution in [-0.2, 0) is 4.74 Å². The molecule has 1 amide bonds. The number of amides is 1. The third kappa shape index (κ3) is 4.20. The van der Waals surface area contributed by atoms with Crippen LogP contribution in [0.3, 0.4) is 0 Å². The molecule has 8 heteroatoms. The molecule has 2 N–H and O–H groups in total. The molecule has 4 aromatic rings. The maximum Gasteiger partial charge on any atom is 0.337 e. The standard InChI is InChI=1S/C24H20N4O4/c1-31-21-12-11-16-5-3-4-6-18(16)22(21)19-13-20(27-26-19)23(29)28-25-14-15-7-9-17(10-8-15)24(30)32-2/h3-14H,1-2H3,(H,26,27)(H,28,29)/b25-14+. The quantitative estimate of drug-likeness (QED) is 0.276. The second-order valence-corrected chi connectivity index (χ2v) is 6.84. The summed E-state index contributed by atoms with van der Waals surface area (Å²) in [5.41, 5.74) is 5.26. The fourth-order valence-corrected chi connectivity index (χ4v) is 3.30. The van der Waals surface area contributed by atoms with E-state index in [0.29, 0.717) is 22.6 Å². The zero-order chi connectivity index (χ0) is 22.5. The number of methoxy groups -OCH3 is 2. The Morgan fingerprint density at radius 2 is 1.81 bits per heavy atom. The van der Waals surface area contributed by atoms with Crippen molar-refractivity contribution >= 4 is 28.9 Å². The maximum absolute atomic E-state index is 12.5. The molecule has 0 saturated heterocycles. The van der Waals surface area contributed by atoms with Gasteiger partial charge in [-0.05, 0) is 40.6 Å². The van der Waals surface area contributed by atoms with Crippen LogP contribution < -0.4 is 10.2 Å². The van der Waals surface area contributed by atoms with Crippen LogP contribution in [0.25, 0.3) is 22.0 Å². The highest BCUT2D eigenvalue weighted by Crippen LogP contribution is 2.36. The lowest BCUT2D eigenvalue weighted by Gasteiger charge is -2.09. The number of hydrogen-bond donors (Lipinski definition) is 2. The van der Waals surface area contributed by atoms with Gasteiger partial charge in [0.05, 0.1) is 37.3 Å². The summed E-state index contributed by atoms with van der Waals surface area (Å²) >= 11 is 0. The Bertz CT molecular complexity index is 1310. The molecule has 0 aliphatic carbocycles. The van der Waals surface area contributed by atoms with Gasteiger partial charge in [0, 0.05) is 0 Å². The molecule has 32 heavy (non-hydrogen) atoms. The first kappa shape index (κ1) is 20.8. The number of carbonyl (C=O) groups excluding carboxylic acids is 2. The minimum absolute atomic E-state index is 0.258. The van der Waals surface area contributed by atoms with Crippen LogP contribution >= 0.6 is 0 Å². The lowest BCUT2D eigenvalue weighted by Crippen LogP contribution is -2.18. The SMILES string of the molecule is COC(=O)c1ccc(/C=N/NC(=O)c2cc(-c3c(OC)ccc4ccccc34)n[nH]2)cc1. The molecule has 0 aliphatic rings. The van der Waals surface area contributed by atoms with E-state index in [-0.39, 0.29) is 5.69 Å². The van der Waals surface area contributed by atoms with E-state index in [1.54, 1.807) is 37.4 Å².